The van der Waals surface area contributed by atoms with E-state index in [0.717, 1.165) is 49.1 Å². The molecular weight excluding hydrogens is 254 g/mol. The van der Waals surface area contributed by atoms with Crippen molar-refractivity contribution < 1.29 is 14.3 Å². The number of carbonyl (C=O) groups is 2. The summed E-state index contributed by atoms with van der Waals surface area (Å²) in [6.07, 6.45) is 4.89. The van der Waals surface area contributed by atoms with E-state index in [1.165, 1.54) is 0 Å². The average molecular weight is 273 g/mol. The maximum Gasteiger partial charge on any atom is 0.224 e. The Kier molecular flexibility index (Phi) is 3.72. The van der Waals surface area contributed by atoms with Crippen LogP contribution in [-0.4, -0.2) is 18.3 Å². The lowest BCUT2D eigenvalue weighted by Gasteiger charge is -2.18. The Morgan fingerprint density at radius 1 is 1.20 bits per heavy atom. The summed E-state index contributed by atoms with van der Waals surface area (Å²) in [7, 11) is 0. The van der Waals surface area contributed by atoms with Crippen LogP contribution in [0.1, 0.15) is 37.7 Å². The molecule has 1 saturated carbocycles. The van der Waals surface area contributed by atoms with Crippen LogP contribution >= 0.6 is 0 Å². The zero-order valence-electron chi connectivity index (χ0n) is 11.5. The van der Waals surface area contributed by atoms with Gasteiger partial charge in [-0.3, -0.25) is 9.59 Å². The third-order valence-electron chi connectivity index (χ3n) is 4.14. The zero-order chi connectivity index (χ0) is 13.9. The Bertz CT molecular complexity index is 539. The van der Waals surface area contributed by atoms with E-state index in [2.05, 4.69) is 5.32 Å². The first kappa shape index (κ1) is 13.2. The van der Waals surface area contributed by atoms with Crippen molar-refractivity contribution in [2.75, 3.05) is 11.9 Å². The van der Waals surface area contributed by atoms with Gasteiger partial charge in [-0.1, -0.05) is 6.07 Å². The Balaban J connectivity index is 1.56. The highest BCUT2D eigenvalue weighted by Gasteiger charge is 2.24. The van der Waals surface area contributed by atoms with Gasteiger partial charge in [0, 0.05) is 30.5 Å². The predicted octanol–water partition coefficient (Wildman–Crippen LogP) is 2.71. The van der Waals surface area contributed by atoms with Gasteiger partial charge in [0.25, 0.3) is 0 Å². The molecule has 0 bridgehead atoms. The lowest BCUT2D eigenvalue weighted by Crippen LogP contribution is -2.19. The van der Waals surface area contributed by atoms with Crippen molar-refractivity contribution in [3.05, 3.63) is 23.8 Å². The number of aryl methyl sites for hydroxylation is 1. The molecule has 1 amide bonds. The zero-order valence-corrected chi connectivity index (χ0v) is 11.5. The molecule has 106 valence electrons. The number of hydrogen-bond acceptors (Lipinski definition) is 3. The SMILES string of the molecule is O=C1CCc2ccc(OCCC3CCCC3=O)cc2N1. The minimum atomic E-state index is 0.0613. The van der Waals surface area contributed by atoms with E-state index in [1.54, 1.807) is 0 Å². The highest BCUT2D eigenvalue weighted by molar-refractivity contribution is 5.94. The molecule has 1 fully saturated rings. The van der Waals surface area contributed by atoms with Crippen molar-refractivity contribution in [1.29, 1.82) is 0 Å². The fourth-order valence-electron chi connectivity index (χ4n) is 2.95. The van der Waals surface area contributed by atoms with Gasteiger partial charge in [-0.2, -0.15) is 0 Å². The number of rotatable bonds is 4. The quantitative estimate of drug-likeness (QED) is 0.917. The predicted molar refractivity (Wildman–Crippen MR) is 75.9 cm³/mol. The molecule has 2 aliphatic rings. The Morgan fingerprint density at radius 3 is 2.90 bits per heavy atom. The lowest BCUT2D eigenvalue weighted by molar-refractivity contribution is -0.121. The van der Waals surface area contributed by atoms with Crippen LogP contribution in [0.3, 0.4) is 0 Å². The molecule has 1 heterocycles. The molecule has 20 heavy (non-hydrogen) atoms. The van der Waals surface area contributed by atoms with Crippen molar-refractivity contribution in [3.63, 3.8) is 0 Å². The van der Waals surface area contributed by atoms with Crippen LogP contribution in [0.2, 0.25) is 0 Å². The topological polar surface area (TPSA) is 55.4 Å². The molecular formula is C16H19NO3. The Morgan fingerprint density at radius 2 is 2.10 bits per heavy atom. The summed E-state index contributed by atoms with van der Waals surface area (Å²) < 4.78 is 5.71. The van der Waals surface area contributed by atoms with Crippen LogP contribution in [0, 0.1) is 5.92 Å². The second-order valence-corrected chi connectivity index (χ2v) is 5.56. The molecule has 1 aromatic carbocycles. The number of fused-ring (bicyclic) bond motifs is 1. The third-order valence-corrected chi connectivity index (χ3v) is 4.14. The number of nitrogens with one attached hydrogen (secondary N) is 1. The Hall–Kier alpha value is -1.84. The molecule has 4 nitrogen and oxygen atoms in total. The molecule has 1 aromatic rings. The van der Waals surface area contributed by atoms with E-state index in [0.29, 0.717) is 18.8 Å². The number of carbonyl (C=O) groups excluding carboxylic acids is 2. The largest absolute Gasteiger partial charge is 0.493 e. The van der Waals surface area contributed by atoms with E-state index < -0.39 is 0 Å². The highest BCUT2D eigenvalue weighted by Crippen LogP contribution is 2.28. The van der Waals surface area contributed by atoms with Crippen molar-refractivity contribution in [2.24, 2.45) is 5.92 Å². The van der Waals surface area contributed by atoms with Gasteiger partial charge >= 0.3 is 0 Å². The molecule has 4 heteroatoms. The number of Topliss-reactive ketones (excluding diaryl/α,β-unsaturated/α-hetero) is 1. The van der Waals surface area contributed by atoms with E-state index >= 15 is 0 Å². The second kappa shape index (κ2) is 5.65. The molecule has 0 spiro atoms. The van der Waals surface area contributed by atoms with Crippen LogP contribution in [0.4, 0.5) is 5.69 Å². The fraction of sp³-hybridized carbons (Fsp3) is 0.500. The van der Waals surface area contributed by atoms with Gasteiger partial charge in [-0.15, -0.1) is 0 Å². The minimum absolute atomic E-state index is 0.0613. The molecule has 3 rings (SSSR count). The maximum absolute atomic E-state index is 11.5. The maximum atomic E-state index is 11.5. The molecule has 1 aliphatic heterocycles. The van der Waals surface area contributed by atoms with E-state index in [9.17, 15) is 9.59 Å². The van der Waals surface area contributed by atoms with Gasteiger partial charge in [0.05, 0.1) is 6.61 Å². The van der Waals surface area contributed by atoms with E-state index in [-0.39, 0.29) is 11.8 Å². The standard InChI is InChI=1S/C16H19NO3/c18-15-3-1-2-12(15)8-9-20-13-6-4-11-5-7-16(19)17-14(11)10-13/h4,6,10,12H,1-3,5,7-9H2,(H,17,19). The molecule has 1 atom stereocenters. The van der Waals surface area contributed by atoms with E-state index in [1.807, 2.05) is 18.2 Å². The summed E-state index contributed by atoms with van der Waals surface area (Å²) in [4.78, 5) is 22.9. The molecule has 1 N–H and O–H groups in total. The third kappa shape index (κ3) is 2.84. The van der Waals surface area contributed by atoms with Crippen molar-refractivity contribution in [3.8, 4) is 5.75 Å². The van der Waals surface area contributed by atoms with Crippen LogP contribution in [0.15, 0.2) is 18.2 Å². The lowest BCUT2D eigenvalue weighted by atomic mass is 10.0. The molecule has 0 radical (unpaired) electrons. The van der Waals surface area contributed by atoms with Gasteiger partial charge in [0.2, 0.25) is 5.91 Å². The molecule has 0 saturated heterocycles. The molecule has 0 aromatic heterocycles. The summed E-state index contributed by atoms with van der Waals surface area (Å²) in [6, 6.07) is 5.82. The first-order valence-corrected chi connectivity index (χ1v) is 7.30. The number of hydrogen-bond donors (Lipinski definition) is 1. The first-order valence-electron chi connectivity index (χ1n) is 7.30. The smallest absolute Gasteiger partial charge is 0.224 e. The van der Waals surface area contributed by atoms with Gasteiger partial charge in [0.1, 0.15) is 11.5 Å². The number of anilines is 1. The minimum Gasteiger partial charge on any atom is -0.493 e. The summed E-state index contributed by atoms with van der Waals surface area (Å²) >= 11 is 0. The van der Waals surface area contributed by atoms with Crippen LogP contribution in [0.25, 0.3) is 0 Å². The summed E-state index contributed by atoms with van der Waals surface area (Å²) in [5.74, 6) is 1.39. The summed E-state index contributed by atoms with van der Waals surface area (Å²) in [5.41, 5.74) is 2.01. The van der Waals surface area contributed by atoms with Crippen LogP contribution < -0.4 is 10.1 Å². The second-order valence-electron chi connectivity index (χ2n) is 5.56. The van der Waals surface area contributed by atoms with Gasteiger partial charge in [-0.05, 0) is 37.3 Å². The number of ether oxygens (including phenoxy) is 1. The van der Waals surface area contributed by atoms with Crippen molar-refractivity contribution in [1.82, 2.24) is 0 Å². The van der Waals surface area contributed by atoms with Gasteiger partial charge < -0.3 is 10.1 Å². The fourth-order valence-corrected chi connectivity index (χ4v) is 2.95. The number of ketones is 1. The first-order chi connectivity index (χ1) is 9.72. The summed E-state index contributed by atoms with van der Waals surface area (Å²) in [6.45, 7) is 0.559. The van der Waals surface area contributed by atoms with Crippen molar-refractivity contribution >= 4 is 17.4 Å². The average Bonchev–Trinajstić information content (AvgIpc) is 2.84. The molecule has 1 aliphatic carbocycles. The van der Waals surface area contributed by atoms with Crippen molar-refractivity contribution in [2.45, 2.75) is 38.5 Å². The van der Waals surface area contributed by atoms with Gasteiger partial charge in [0.15, 0.2) is 0 Å². The highest BCUT2D eigenvalue weighted by atomic mass is 16.5. The summed E-state index contributed by atoms with van der Waals surface area (Å²) in [5, 5.41) is 2.87. The van der Waals surface area contributed by atoms with E-state index in [4.69, 9.17) is 4.74 Å². The normalized spacial score (nSPS) is 21.5. The molecule has 1 unspecified atom stereocenters. The van der Waals surface area contributed by atoms with Crippen LogP contribution in [-0.2, 0) is 16.0 Å². The van der Waals surface area contributed by atoms with Gasteiger partial charge in [-0.25, -0.2) is 0 Å². The monoisotopic (exact) mass is 273 g/mol. The van der Waals surface area contributed by atoms with Crippen LogP contribution in [0.5, 0.6) is 5.75 Å². The number of benzene rings is 1. The Labute approximate surface area is 118 Å². The number of amides is 1.